The van der Waals surface area contributed by atoms with Crippen LogP contribution >= 0.6 is 0 Å². The molecule has 0 spiro atoms. The monoisotopic (exact) mass is 244 g/mol. The van der Waals surface area contributed by atoms with Crippen molar-refractivity contribution in [3.05, 3.63) is 66.0 Å². The summed E-state index contributed by atoms with van der Waals surface area (Å²) in [6.07, 6.45) is 0. The fourth-order valence-corrected chi connectivity index (χ4v) is 1.58. The average Bonchev–Trinajstić information content (AvgIpc) is 2.41. The number of hydrogen-bond donors (Lipinski definition) is 2. The van der Waals surface area contributed by atoms with Gasteiger partial charge in [0.25, 0.3) is 0 Å². The number of benzene rings is 2. The third-order valence-electron chi connectivity index (χ3n) is 2.57. The van der Waals surface area contributed by atoms with Crippen molar-refractivity contribution in [1.82, 2.24) is 0 Å². The zero-order valence-corrected chi connectivity index (χ0v) is 9.64. The Balaban J connectivity index is 2.12. The summed E-state index contributed by atoms with van der Waals surface area (Å²) in [6.45, 7) is 0. The van der Waals surface area contributed by atoms with Crippen molar-refractivity contribution in [2.45, 2.75) is 6.04 Å². The maximum Gasteiger partial charge on any atom is 0.245 e. The van der Waals surface area contributed by atoms with Crippen LogP contribution in [0.15, 0.2) is 54.6 Å². The molecule has 92 valence electrons. The Labute approximate surface area is 104 Å². The van der Waals surface area contributed by atoms with Gasteiger partial charge in [0.15, 0.2) is 0 Å². The number of amides is 1. The second-order valence-corrected chi connectivity index (χ2v) is 3.86. The molecule has 0 aliphatic rings. The van der Waals surface area contributed by atoms with Crippen LogP contribution in [-0.4, -0.2) is 5.91 Å². The first-order valence-corrected chi connectivity index (χ1v) is 5.54. The molecule has 0 fully saturated rings. The molecule has 0 unspecified atom stereocenters. The lowest BCUT2D eigenvalue weighted by Gasteiger charge is -2.12. The Kier molecular flexibility index (Phi) is 3.69. The van der Waals surface area contributed by atoms with Crippen LogP contribution in [0.4, 0.5) is 10.1 Å². The topological polar surface area (TPSA) is 55.1 Å². The number of hydrogen-bond acceptors (Lipinski definition) is 2. The number of para-hydroxylation sites is 1. The van der Waals surface area contributed by atoms with Gasteiger partial charge >= 0.3 is 0 Å². The molecule has 0 heterocycles. The standard InChI is InChI=1S/C14H13FN2O/c15-11-8-4-5-9-12(11)17-14(18)13(16)10-6-2-1-3-7-10/h1-9,13H,16H2,(H,17,18)/t13-/m0/s1. The highest BCUT2D eigenvalue weighted by molar-refractivity contribution is 5.95. The summed E-state index contributed by atoms with van der Waals surface area (Å²) in [4.78, 5) is 11.9. The highest BCUT2D eigenvalue weighted by atomic mass is 19.1. The van der Waals surface area contributed by atoms with Crippen LogP contribution in [-0.2, 0) is 4.79 Å². The van der Waals surface area contributed by atoms with E-state index in [1.165, 1.54) is 12.1 Å². The van der Waals surface area contributed by atoms with Crippen LogP contribution in [0.3, 0.4) is 0 Å². The molecule has 3 nitrogen and oxygen atoms in total. The van der Waals surface area contributed by atoms with Gasteiger partial charge in [0.05, 0.1) is 5.69 Å². The van der Waals surface area contributed by atoms with Crippen molar-refractivity contribution in [1.29, 1.82) is 0 Å². The molecule has 1 atom stereocenters. The lowest BCUT2D eigenvalue weighted by atomic mass is 10.1. The third kappa shape index (κ3) is 2.73. The van der Waals surface area contributed by atoms with Gasteiger partial charge in [0.1, 0.15) is 11.9 Å². The molecule has 18 heavy (non-hydrogen) atoms. The van der Waals surface area contributed by atoms with Crippen molar-refractivity contribution in [2.75, 3.05) is 5.32 Å². The van der Waals surface area contributed by atoms with Gasteiger partial charge in [-0.2, -0.15) is 0 Å². The van der Waals surface area contributed by atoms with Gasteiger partial charge in [-0.1, -0.05) is 42.5 Å². The maximum atomic E-state index is 13.4. The molecule has 1 amide bonds. The Morgan fingerprint density at radius 2 is 1.67 bits per heavy atom. The molecule has 0 saturated heterocycles. The lowest BCUT2D eigenvalue weighted by Crippen LogP contribution is -2.28. The normalized spacial score (nSPS) is 11.9. The molecule has 3 N–H and O–H groups in total. The van der Waals surface area contributed by atoms with Gasteiger partial charge in [-0.25, -0.2) is 4.39 Å². The summed E-state index contributed by atoms with van der Waals surface area (Å²) in [5, 5.41) is 2.47. The van der Waals surface area contributed by atoms with Crippen molar-refractivity contribution < 1.29 is 9.18 Å². The van der Waals surface area contributed by atoms with E-state index in [1.807, 2.05) is 6.07 Å². The number of nitrogens with two attached hydrogens (primary N) is 1. The van der Waals surface area contributed by atoms with Gasteiger partial charge in [0, 0.05) is 0 Å². The second-order valence-electron chi connectivity index (χ2n) is 3.86. The molecule has 2 aromatic carbocycles. The van der Waals surface area contributed by atoms with E-state index in [2.05, 4.69) is 5.32 Å². The van der Waals surface area contributed by atoms with Crippen LogP contribution in [0.5, 0.6) is 0 Å². The van der Waals surface area contributed by atoms with E-state index in [0.717, 1.165) is 0 Å². The van der Waals surface area contributed by atoms with E-state index in [-0.39, 0.29) is 5.69 Å². The van der Waals surface area contributed by atoms with Crippen LogP contribution in [0, 0.1) is 5.82 Å². The quantitative estimate of drug-likeness (QED) is 0.871. The Morgan fingerprint density at radius 3 is 2.33 bits per heavy atom. The number of carbonyl (C=O) groups is 1. The summed E-state index contributed by atoms with van der Waals surface area (Å²) in [7, 11) is 0. The molecule has 0 aromatic heterocycles. The fraction of sp³-hybridized carbons (Fsp3) is 0.0714. The molecule has 2 aromatic rings. The molecule has 0 bridgehead atoms. The summed E-state index contributed by atoms with van der Waals surface area (Å²) in [5.74, 6) is -0.919. The van der Waals surface area contributed by atoms with Crippen molar-refractivity contribution >= 4 is 11.6 Å². The summed E-state index contributed by atoms with van der Waals surface area (Å²) >= 11 is 0. The van der Waals surface area contributed by atoms with E-state index in [4.69, 9.17) is 5.73 Å². The first-order chi connectivity index (χ1) is 8.68. The van der Waals surface area contributed by atoms with Gasteiger partial charge in [0.2, 0.25) is 5.91 Å². The van der Waals surface area contributed by atoms with E-state index in [0.29, 0.717) is 5.56 Å². The first-order valence-electron chi connectivity index (χ1n) is 5.54. The van der Waals surface area contributed by atoms with E-state index >= 15 is 0 Å². The second kappa shape index (κ2) is 5.42. The lowest BCUT2D eigenvalue weighted by molar-refractivity contribution is -0.117. The molecule has 2 rings (SSSR count). The van der Waals surface area contributed by atoms with Gasteiger partial charge in [-0.05, 0) is 17.7 Å². The summed E-state index contributed by atoms with van der Waals surface area (Å²) in [5.41, 5.74) is 6.62. The molecule has 0 aliphatic heterocycles. The van der Waals surface area contributed by atoms with Crippen molar-refractivity contribution in [2.24, 2.45) is 5.73 Å². The average molecular weight is 244 g/mol. The zero-order valence-electron chi connectivity index (χ0n) is 9.64. The number of carbonyl (C=O) groups excluding carboxylic acids is 1. The minimum absolute atomic E-state index is 0.133. The SMILES string of the molecule is N[C@H](C(=O)Nc1ccccc1F)c1ccccc1. The summed E-state index contributed by atoms with van der Waals surface area (Å²) in [6, 6.07) is 14.1. The van der Waals surface area contributed by atoms with Crippen molar-refractivity contribution in [3.8, 4) is 0 Å². The molecule has 4 heteroatoms. The van der Waals surface area contributed by atoms with Gasteiger partial charge < -0.3 is 11.1 Å². The number of rotatable bonds is 3. The van der Waals surface area contributed by atoms with Gasteiger partial charge in [-0.15, -0.1) is 0 Å². The third-order valence-corrected chi connectivity index (χ3v) is 2.57. The van der Waals surface area contributed by atoms with Crippen LogP contribution < -0.4 is 11.1 Å². The molecular weight excluding hydrogens is 231 g/mol. The minimum Gasteiger partial charge on any atom is -0.322 e. The van der Waals surface area contributed by atoms with E-state index in [9.17, 15) is 9.18 Å². The summed E-state index contributed by atoms with van der Waals surface area (Å²) < 4.78 is 13.4. The number of halogens is 1. The highest BCUT2D eigenvalue weighted by Crippen LogP contribution is 2.16. The molecule has 0 saturated carbocycles. The Bertz CT molecular complexity index is 543. The van der Waals surface area contributed by atoms with Gasteiger partial charge in [-0.3, -0.25) is 4.79 Å². The van der Waals surface area contributed by atoms with Crippen LogP contribution in [0.2, 0.25) is 0 Å². The first kappa shape index (κ1) is 12.3. The zero-order chi connectivity index (χ0) is 13.0. The van der Waals surface area contributed by atoms with E-state index < -0.39 is 17.8 Å². The predicted octanol–water partition coefficient (Wildman–Crippen LogP) is 2.46. The maximum absolute atomic E-state index is 13.4. The number of anilines is 1. The van der Waals surface area contributed by atoms with Crippen LogP contribution in [0.1, 0.15) is 11.6 Å². The van der Waals surface area contributed by atoms with E-state index in [1.54, 1.807) is 36.4 Å². The highest BCUT2D eigenvalue weighted by Gasteiger charge is 2.16. The Hall–Kier alpha value is -2.20. The molecular formula is C14H13FN2O. The molecule has 0 radical (unpaired) electrons. The Morgan fingerprint density at radius 1 is 1.06 bits per heavy atom. The minimum atomic E-state index is -0.814. The fourth-order valence-electron chi connectivity index (χ4n) is 1.58. The van der Waals surface area contributed by atoms with Crippen LogP contribution in [0.25, 0.3) is 0 Å². The molecule has 0 aliphatic carbocycles. The predicted molar refractivity (Wildman–Crippen MR) is 68.4 cm³/mol. The smallest absolute Gasteiger partial charge is 0.245 e. The largest absolute Gasteiger partial charge is 0.322 e. The number of nitrogens with one attached hydrogen (secondary N) is 1. The van der Waals surface area contributed by atoms with Crippen molar-refractivity contribution in [3.63, 3.8) is 0 Å².